The second-order valence-corrected chi connectivity index (χ2v) is 8.05. The van der Waals surface area contributed by atoms with E-state index >= 15 is 0 Å². The molecule has 2 heterocycles. The molecule has 0 bridgehead atoms. The summed E-state index contributed by atoms with van der Waals surface area (Å²) in [5.41, 5.74) is 6.35. The summed E-state index contributed by atoms with van der Waals surface area (Å²) in [6.07, 6.45) is 0. The van der Waals surface area contributed by atoms with Crippen LogP contribution < -0.4 is 15.2 Å². The molecule has 1 unspecified atom stereocenters. The average Bonchev–Trinajstić information content (AvgIpc) is 2.72. The molecule has 0 saturated carbocycles. The van der Waals surface area contributed by atoms with Crippen molar-refractivity contribution in [1.29, 1.82) is 0 Å². The first-order chi connectivity index (χ1) is 14.8. The monoisotopic (exact) mass is 458 g/mol. The predicted molar refractivity (Wildman–Crippen MR) is 117 cm³/mol. The molecular formula is C21H15ClN2O6S. The van der Waals surface area contributed by atoms with Gasteiger partial charge >= 0.3 is 5.97 Å². The number of benzene rings is 2. The van der Waals surface area contributed by atoms with E-state index < -0.39 is 16.8 Å². The molecule has 2 aromatic carbocycles. The number of carbonyl (C=O) groups is 1. The molecule has 0 amide bonds. The number of ether oxygens (including phenoxy) is 2. The largest absolute Gasteiger partial charge is 0.462 e. The van der Waals surface area contributed by atoms with E-state index in [1.54, 1.807) is 31.2 Å². The van der Waals surface area contributed by atoms with Crippen LogP contribution in [-0.2, 0) is 9.53 Å². The number of nitrogens with zero attached hydrogens (tertiary/aromatic N) is 1. The lowest BCUT2D eigenvalue weighted by Gasteiger charge is -2.28. The highest BCUT2D eigenvalue weighted by Gasteiger charge is 2.39. The molecule has 2 N–H and O–H groups in total. The van der Waals surface area contributed by atoms with Crippen LogP contribution in [0.2, 0.25) is 5.02 Å². The van der Waals surface area contributed by atoms with Gasteiger partial charge in [-0.15, -0.1) is 0 Å². The summed E-state index contributed by atoms with van der Waals surface area (Å²) in [6.45, 7) is 1.72. The molecule has 0 fully saturated rings. The van der Waals surface area contributed by atoms with E-state index in [1.807, 2.05) is 0 Å². The molecule has 0 spiro atoms. The summed E-state index contributed by atoms with van der Waals surface area (Å²) >= 11 is 7.12. The van der Waals surface area contributed by atoms with Gasteiger partial charge in [-0.2, -0.15) is 0 Å². The number of fused-ring (bicyclic) bond motifs is 3. The number of nitrogens with two attached hydrogens (primary N) is 1. The Kier molecular flexibility index (Phi) is 5.38. The molecule has 1 aliphatic rings. The molecule has 1 aliphatic heterocycles. The van der Waals surface area contributed by atoms with Crippen molar-refractivity contribution >= 4 is 44.7 Å². The summed E-state index contributed by atoms with van der Waals surface area (Å²) in [5.74, 6) is -1.67. The van der Waals surface area contributed by atoms with Gasteiger partial charge in [0.15, 0.2) is 0 Å². The Morgan fingerprint density at radius 3 is 2.74 bits per heavy atom. The molecule has 31 heavy (non-hydrogen) atoms. The maximum Gasteiger partial charge on any atom is 0.340 e. The maximum atomic E-state index is 13.1. The first kappa shape index (κ1) is 20.8. The molecule has 8 nitrogen and oxygen atoms in total. The van der Waals surface area contributed by atoms with Gasteiger partial charge in [0.25, 0.3) is 5.69 Å². The molecule has 3 aromatic rings. The highest BCUT2D eigenvalue weighted by Crippen LogP contribution is 2.45. The minimum atomic E-state index is -0.963. The molecule has 0 aliphatic carbocycles. The first-order valence-electron chi connectivity index (χ1n) is 9.17. The van der Waals surface area contributed by atoms with Crippen molar-refractivity contribution < 1.29 is 19.2 Å². The van der Waals surface area contributed by atoms with Crippen LogP contribution in [0.1, 0.15) is 24.0 Å². The smallest absolute Gasteiger partial charge is 0.340 e. The third-order valence-corrected chi connectivity index (χ3v) is 6.13. The van der Waals surface area contributed by atoms with Crippen LogP contribution in [0.25, 0.3) is 10.1 Å². The van der Waals surface area contributed by atoms with Gasteiger partial charge in [0.1, 0.15) is 16.3 Å². The Bertz CT molecular complexity index is 1330. The normalized spacial score (nSPS) is 15.4. The van der Waals surface area contributed by atoms with Gasteiger partial charge in [0, 0.05) is 16.2 Å². The van der Waals surface area contributed by atoms with Gasteiger partial charge < -0.3 is 15.2 Å². The van der Waals surface area contributed by atoms with Crippen molar-refractivity contribution in [2.45, 2.75) is 12.8 Å². The third kappa shape index (κ3) is 3.51. The number of carbonyl (C=O) groups excluding carboxylic acids is 1. The zero-order chi connectivity index (χ0) is 22.3. The standard InChI is InChI=1S/C21H15ClN2O6S/c1-2-29-20(25)17-15(10-7-8-13(24(27)28)12(22)9-10)16-18(30-19(17)23)11-5-3-4-6-14(11)31-21(16)26/h3-9,15H,2,23H2,1H3. The maximum absolute atomic E-state index is 13.1. The highest BCUT2D eigenvalue weighted by molar-refractivity contribution is 7.16. The van der Waals surface area contributed by atoms with E-state index in [4.69, 9.17) is 26.8 Å². The van der Waals surface area contributed by atoms with Gasteiger partial charge in [0.05, 0.1) is 23.0 Å². The Balaban J connectivity index is 2.03. The van der Waals surface area contributed by atoms with E-state index in [2.05, 4.69) is 0 Å². The van der Waals surface area contributed by atoms with Crippen LogP contribution in [-0.4, -0.2) is 17.5 Å². The second kappa shape index (κ2) is 8.01. The lowest BCUT2D eigenvalue weighted by Crippen LogP contribution is -2.30. The van der Waals surface area contributed by atoms with Crippen LogP contribution in [0.5, 0.6) is 5.75 Å². The van der Waals surface area contributed by atoms with Gasteiger partial charge in [-0.05, 0) is 30.7 Å². The van der Waals surface area contributed by atoms with Gasteiger partial charge in [-0.25, -0.2) is 4.79 Å². The molecule has 0 radical (unpaired) electrons. The number of halogens is 1. The fourth-order valence-corrected chi connectivity index (χ4v) is 4.75. The summed E-state index contributed by atoms with van der Waals surface area (Å²) in [5, 5.41) is 11.7. The third-order valence-electron chi connectivity index (χ3n) is 4.85. The summed E-state index contributed by atoms with van der Waals surface area (Å²) in [7, 11) is 0. The number of hydrogen-bond donors (Lipinski definition) is 1. The summed E-state index contributed by atoms with van der Waals surface area (Å²) in [6, 6.07) is 11.2. The van der Waals surface area contributed by atoms with E-state index in [1.165, 1.54) is 18.2 Å². The van der Waals surface area contributed by atoms with Crippen molar-refractivity contribution in [2.24, 2.45) is 5.73 Å². The molecule has 1 atom stereocenters. The van der Waals surface area contributed by atoms with Crippen LogP contribution in [0, 0.1) is 10.1 Å². The molecule has 10 heteroatoms. The Hall–Kier alpha value is -3.43. The Morgan fingerprint density at radius 2 is 2.06 bits per heavy atom. The van der Waals surface area contributed by atoms with Crippen molar-refractivity contribution in [2.75, 3.05) is 6.61 Å². The van der Waals surface area contributed by atoms with Crippen molar-refractivity contribution in [3.05, 3.63) is 89.7 Å². The predicted octanol–water partition coefficient (Wildman–Crippen LogP) is 4.08. The van der Waals surface area contributed by atoms with Crippen LogP contribution >= 0.6 is 22.9 Å². The van der Waals surface area contributed by atoms with E-state index in [0.29, 0.717) is 15.6 Å². The summed E-state index contributed by atoms with van der Waals surface area (Å²) in [4.78, 5) is 36.4. The Morgan fingerprint density at radius 1 is 1.32 bits per heavy atom. The van der Waals surface area contributed by atoms with E-state index in [-0.39, 0.29) is 44.8 Å². The quantitative estimate of drug-likeness (QED) is 0.355. The first-order valence-corrected chi connectivity index (χ1v) is 10.4. The number of esters is 1. The number of nitro benzene ring substituents is 1. The molecular weight excluding hydrogens is 444 g/mol. The molecule has 158 valence electrons. The van der Waals surface area contributed by atoms with Gasteiger partial charge in [-0.1, -0.05) is 41.1 Å². The number of hydrogen-bond acceptors (Lipinski definition) is 8. The molecule has 1 aromatic heterocycles. The topological polar surface area (TPSA) is 122 Å². The second-order valence-electron chi connectivity index (χ2n) is 6.63. The minimum Gasteiger partial charge on any atom is -0.462 e. The SMILES string of the molecule is CCOC(=O)C1=C(N)Oc2c(c(=O)sc3ccccc23)C1c1ccc([N+](=O)[O-])c(Cl)c1. The lowest BCUT2D eigenvalue weighted by molar-refractivity contribution is -0.384. The van der Waals surface area contributed by atoms with E-state index in [9.17, 15) is 19.7 Å². The molecule has 0 saturated heterocycles. The Labute approximate surface area is 184 Å². The van der Waals surface area contributed by atoms with Crippen LogP contribution in [0.15, 0.2) is 58.7 Å². The van der Waals surface area contributed by atoms with Gasteiger partial charge in [0.2, 0.25) is 10.6 Å². The minimum absolute atomic E-state index is 0.0566. The van der Waals surface area contributed by atoms with Crippen molar-refractivity contribution in [3.8, 4) is 5.75 Å². The average molecular weight is 459 g/mol. The van der Waals surface area contributed by atoms with E-state index in [0.717, 1.165) is 11.3 Å². The number of nitro groups is 1. The fourth-order valence-electron chi connectivity index (χ4n) is 3.56. The van der Waals surface area contributed by atoms with Crippen molar-refractivity contribution in [1.82, 2.24) is 0 Å². The van der Waals surface area contributed by atoms with Gasteiger partial charge in [-0.3, -0.25) is 14.9 Å². The zero-order valence-electron chi connectivity index (χ0n) is 16.1. The van der Waals surface area contributed by atoms with Crippen LogP contribution in [0.3, 0.4) is 0 Å². The van der Waals surface area contributed by atoms with Crippen molar-refractivity contribution in [3.63, 3.8) is 0 Å². The fraction of sp³-hybridized carbons (Fsp3) is 0.143. The number of rotatable bonds is 4. The summed E-state index contributed by atoms with van der Waals surface area (Å²) < 4.78 is 11.3. The highest BCUT2D eigenvalue weighted by atomic mass is 35.5. The molecule has 4 rings (SSSR count). The van der Waals surface area contributed by atoms with Crippen LogP contribution in [0.4, 0.5) is 5.69 Å². The lowest BCUT2D eigenvalue weighted by atomic mass is 9.83. The zero-order valence-corrected chi connectivity index (χ0v) is 17.7.